The standard InChI is InChI=1S/C17H27N5/c1-13-6-7-15(14(2)12-13)20-16-19-10-9-17(18,21-16)8-5-11-22(3)4/h6-7,9-10,12H,5,8,11,18H2,1-4H3,(H2,19,20,21). The number of hydrogen-bond acceptors (Lipinski definition) is 5. The van der Waals surface area contributed by atoms with Gasteiger partial charge >= 0.3 is 0 Å². The summed E-state index contributed by atoms with van der Waals surface area (Å²) >= 11 is 0. The highest BCUT2D eigenvalue weighted by atomic mass is 15.2. The third-order valence-electron chi connectivity index (χ3n) is 3.73. The first-order valence-electron chi connectivity index (χ1n) is 7.70. The fraction of sp³-hybridized carbons (Fsp3) is 0.471. The summed E-state index contributed by atoms with van der Waals surface area (Å²) < 4.78 is 0. The third kappa shape index (κ3) is 4.58. The Morgan fingerprint density at radius 2 is 2.09 bits per heavy atom. The van der Waals surface area contributed by atoms with Gasteiger partial charge in [0, 0.05) is 11.9 Å². The molecule has 1 atom stereocenters. The molecule has 1 aromatic carbocycles. The Hall–Kier alpha value is -1.85. The van der Waals surface area contributed by atoms with Crippen LogP contribution in [0.4, 0.5) is 5.69 Å². The molecule has 0 spiro atoms. The van der Waals surface area contributed by atoms with E-state index in [0.717, 1.165) is 25.1 Å². The first-order valence-corrected chi connectivity index (χ1v) is 7.70. The van der Waals surface area contributed by atoms with Gasteiger partial charge in [0.2, 0.25) is 5.96 Å². The molecule has 0 radical (unpaired) electrons. The van der Waals surface area contributed by atoms with Crippen LogP contribution in [-0.4, -0.2) is 37.2 Å². The van der Waals surface area contributed by atoms with Crippen LogP contribution < -0.4 is 16.4 Å². The average molecular weight is 301 g/mol. The highest BCUT2D eigenvalue weighted by Gasteiger charge is 2.23. The quantitative estimate of drug-likeness (QED) is 0.780. The van der Waals surface area contributed by atoms with E-state index in [0.29, 0.717) is 5.96 Å². The highest BCUT2D eigenvalue weighted by molar-refractivity contribution is 5.95. The molecule has 1 aliphatic heterocycles. The van der Waals surface area contributed by atoms with E-state index >= 15 is 0 Å². The molecule has 5 nitrogen and oxygen atoms in total. The Morgan fingerprint density at radius 1 is 1.32 bits per heavy atom. The molecule has 0 saturated carbocycles. The second kappa shape index (κ2) is 6.94. The van der Waals surface area contributed by atoms with Crippen LogP contribution in [0.2, 0.25) is 0 Å². The van der Waals surface area contributed by atoms with Crippen molar-refractivity contribution in [3.8, 4) is 0 Å². The van der Waals surface area contributed by atoms with Crippen molar-refractivity contribution >= 4 is 11.6 Å². The Kier molecular flexibility index (Phi) is 5.21. The molecular formula is C17H27N5. The van der Waals surface area contributed by atoms with Gasteiger partial charge in [0.05, 0.1) is 0 Å². The molecule has 0 saturated heterocycles. The van der Waals surface area contributed by atoms with E-state index in [1.807, 2.05) is 12.3 Å². The number of aliphatic imine (C=N–C) groups is 1. The van der Waals surface area contributed by atoms with Crippen LogP contribution in [0, 0.1) is 13.8 Å². The number of nitrogens with zero attached hydrogens (tertiary/aromatic N) is 2. The van der Waals surface area contributed by atoms with Gasteiger partial charge in [0.25, 0.3) is 0 Å². The van der Waals surface area contributed by atoms with Crippen LogP contribution in [0.1, 0.15) is 24.0 Å². The number of benzene rings is 1. The number of aryl methyl sites for hydroxylation is 2. The van der Waals surface area contributed by atoms with Gasteiger partial charge in [-0.05, 0) is 65.0 Å². The lowest BCUT2D eigenvalue weighted by Gasteiger charge is -2.27. The number of anilines is 1. The van der Waals surface area contributed by atoms with Crippen molar-refractivity contribution in [3.05, 3.63) is 41.6 Å². The molecule has 120 valence electrons. The molecule has 1 heterocycles. The monoisotopic (exact) mass is 301 g/mol. The fourth-order valence-electron chi connectivity index (χ4n) is 2.51. The van der Waals surface area contributed by atoms with Gasteiger partial charge in [0.1, 0.15) is 5.66 Å². The van der Waals surface area contributed by atoms with Gasteiger partial charge in [-0.3, -0.25) is 0 Å². The van der Waals surface area contributed by atoms with Crippen LogP contribution in [0.25, 0.3) is 0 Å². The molecule has 1 aliphatic rings. The van der Waals surface area contributed by atoms with Crippen molar-refractivity contribution < 1.29 is 0 Å². The number of hydrogen-bond donors (Lipinski definition) is 3. The summed E-state index contributed by atoms with van der Waals surface area (Å²) in [6.45, 7) is 5.18. The zero-order valence-corrected chi connectivity index (χ0v) is 14.0. The van der Waals surface area contributed by atoms with Crippen LogP contribution in [-0.2, 0) is 0 Å². The molecule has 0 bridgehead atoms. The second-order valence-corrected chi connectivity index (χ2v) is 6.28. The summed E-state index contributed by atoms with van der Waals surface area (Å²) in [7, 11) is 4.13. The number of rotatable bonds is 5. The Balaban J connectivity index is 2.04. The fourth-order valence-corrected chi connectivity index (χ4v) is 2.51. The van der Waals surface area contributed by atoms with Gasteiger partial charge in [-0.15, -0.1) is 0 Å². The zero-order chi connectivity index (χ0) is 16.2. The van der Waals surface area contributed by atoms with Crippen LogP contribution in [0.3, 0.4) is 0 Å². The molecule has 1 unspecified atom stereocenters. The Labute approximate surface area is 133 Å². The van der Waals surface area contributed by atoms with Crippen molar-refractivity contribution in [3.63, 3.8) is 0 Å². The van der Waals surface area contributed by atoms with Crippen LogP contribution >= 0.6 is 0 Å². The topological polar surface area (TPSA) is 65.7 Å². The maximum atomic E-state index is 6.38. The lowest BCUT2D eigenvalue weighted by Crippen LogP contribution is -2.44. The summed E-state index contributed by atoms with van der Waals surface area (Å²) in [6, 6.07) is 6.30. The van der Waals surface area contributed by atoms with Crippen molar-refractivity contribution in [2.45, 2.75) is 32.4 Å². The number of guanidine groups is 1. The van der Waals surface area contributed by atoms with E-state index in [9.17, 15) is 0 Å². The van der Waals surface area contributed by atoms with E-state index in [-0.39, 0.29) is 0 Å². The molecule has 0 aliphatic carbocycles. The molecule has 1 aromatic rings. The van der Waals surface area contributed by atoms with Gasteiger partial charge in [0.15, 0.2) is 0 Å². The Morgan fingerprint density at radius 3 is 2.77 bits per heavy atom. The normalized spacial score (nSPS) is 20.7. The molecule has 0 fully saturated rings. The number of nitrogens with one attached hydrogen (secondary N) is 2. The molecule has 0 aromatic heterocycles. The lowest BCUT2D eigenvalue weighted by molar-refractivity contribution is 0.367. The SMILES string of the molecule is Cc1ccc(NC2=NC(N)(CCCN(C)C)C=CN2)c(C)c1. The summed E-state index contributed by atoms with van der Waals surface area (Å²) in [4.78, 5) is 6.80. The van der Waals surface area contributed by atoms with Gasteiger partial charge in [-0.25, -0.2) is 4.99 Å². The van der Waals surface area contributed by atoms with Gasteiger partial charge < -0.3 is 21.3 Å². The molecule has 4 N–H and O–H groups in total. The maximum Gasteiger partial charge on any atom is 0.202 e. The molecule has 22 heavy (non-hydrogen) atoms. The summed E-state index contributed by atoms with van der Waals surface area (Å²) in [5.41, 5.74) is 9.22. The molecule has 2 rings (SSSR count). The van der Waals surface area contributed by atoms with Gasteiger partial charge in [-0.2, -0.15) is 0 Å². The summed E-state index contributed by atoms with van der Waals surface area (Å²) in [5, 5.41) is 6.46. The van der Waals surface area contributed by atoms with Crippen molar-refractivity contribution in [2.75, 3.05) is 26.0 Å². The predicted octanol–water partition coefficient (Wildman–Crippen LogP) is 2.19. The minimum absolute atomic E-state index is 0.637. The summed E-state index contributed by atoms with van der Waals surface area (Å²) in [6.07, 6.45) is 5.62. The molecule has 0 amide bonds. The van der Waals surface area contributed by atoms with E-state index in [1.165, 1.54) is 11.1 Å². The first kappa shape index (κ1) is 16.5. The Bertz CT molecular complexity index is 576. The van der Waals surface area contributed by atoms with E-state index in [1.54, 1.807) is 0 Å². The molecule has 5 heteroatoms. The van der Waals surface area contributed by atoms with E-state index < -0.39 is 5.66 Å². The smallest absolute Gasteiger partial charge is 0.202 e. The van der Waals surface area contributed by atoms with Gasteiger partial charge in [-0.1, -0.05) is 17.7 Å². The van der Waals surface area contributed by atoms with Crippen molar-refractivity contribution in [2.24, 2.45) is 10.7 Å². The summed E-state index contributed by atoms with van der Waals surface area (Å²) in [5.74, 6) is 0.696. The highest BCUT2D eigenvalue weighted by Crippen LogP contribution is 2.19. The third-order valence-corrected chi connectivity index (χ3v) is 3.73. The van der Waals surface area contributed by atoms with Crippen LogP contribution in [0.15, 0.2) is 35.5 Å². The predicted molar refractivity (Wildman–Crippen MR) is 94.0 cm³/mol. The zero-order valence-electron chi connectivity index (χ0n) is 14.0. The van der Waals surface area contributed by atoms with E-state index in [4.69, 9.17) is 5.73 Å². The largest absolute Gasteiger partial charge is 0.333 e. The van der Waals surface area contributed by atoms with Crippen LogP contribution in [0.5, 0.6) is 0 Å². The van der Waals surface area contributed by atoms with E-state index in [2.05, 4.69) is 66.7 Å². The van der Waals surface area contributed by atoms with Crippen molar-refractivity contribution in [1.82, 2.24) is 10.2 Å². The molecular weight excluding hydrogens is 274 g/mol. The lowest BCUT2D eigenvalue weighted by atomic mass is 10.0. The first-order chi connectivity index (χ1) is 10.4. The van der Waals surface area contributed by atoms with Crippen molar-refractivity contribution in [1.29, 1.82) is 0 Å². The number of nitrogens with two attached hydrogens (primary N) is 1. The minimum atomic E-state index is -0.637. The second-order valence-electron chi connectivity index (χ2n) is 6.28. The maximum absolute atomic E-state index is 6.38. The minimum Gasteiger partial charge on any atom is -0.333 e. The average Bonchev–Trinajstić information content (AvgIpc) is 2.41.